The lowest BCUT2D eigenvalue weighted by Crippen LogP contribution is -2.54. The third-order valence-electron chi connectivity index (χ3n) is 10.6. The molecule has 2 fully saturated rings. The number of amides is 4. The molecule has 2 saturated heterocycles. The fourth-order valence-corrected chi connectivity index (χ4v) is 7.38. The molecule has 56 heavy (non-hydrogen) atoms. The van der Waals surface area contributed by atoms with Crippen molar-refractivity contribution >= 4 is 24.0 Å². The Labute approximate surface area is 326 Å². The monoisotopic (exact) mass is 768 g/mol. The molecular formula is C40H52N10O6. The van der Waals surface area contributed by atoms with E-state index in [1.54, 1.807) is 22.4 Å². The summed E-state index contributed by atoms with van der Waals surface area (Å²) in [5, 5.41) is 12.5. The minimum absolute atomic E-state index is 0.145. The zero-order chi connectivity index (χ0) is 40.3. The van der Waals surface area contributed by atoms with Gasteiger partial charge in [0, 0.05) is 27.2 Å². The lowest BCUT2D eigenvalue weighted by Gasteiger charge is -2.33. The van der Waals surface area contributed by atoms with Crippen molar-refractivity contribution in [2.24, 2.45) is 11.8 Å². The molecule has 0 spiro atoms. The largest absolute Gasteiger partial charge is 0.453 e. The molecule has 4 aromatic rings. The number of methoxy groups -OCH3 is 2. The molecule has 4 atom stereocenters. The molecule has 0 unspecified atom stereocenters. The third-order valence-corrected chi connectivity index (χ3v) is 10.6. The summed E-state index contributed by atoms with van der Waals surface area (Å²) in [6, 6.07) is 14.3. The van der Waals surface area contributed by atoms with E-state index in [4.69, 9.17) is 9.47 Å². The van der Waals surface area contributed by atoms with Crippen LogP contribution in [0.3, 0.4) is 0 Å². The minimum Gasteiger partial charge on any atom is -0.453 e. The maximum absolute atomic E-state index is 13.7. The van der Waals surface area contributed by atoms with E-state index in [0.29, 0.717) is 37.6 Å². The first kappa shape index (κ1) is 39.9. The number of carbonyl (C=O) groups is 4. The van der Waals surface area contributed by atoms with Gasteiger partial charge in [0.1, 0.15) is 35.8 Å². The number of alkyl carbamates (subject to hydrolysis) is 2. The van der Waals surface area contributed by atoms with Crippen LogP contribution in [0, 0.1) is 11.8 Å². The Kier molecular flexibility index (Phi) is 12.1. The van der Waals surface area contributed by atoms with Gasteiger partial charge in [0.05, 0.1) is 38.0 Å². The first-order chi connectivity index (χ1) is 26.8. The quantitative estimate of drug-likeness (QED) is 0.160. The molecule has 0 bridgehead atoms. The van der Waals surface area contributed by atoms with Crippen molar-refractivity contribution in [3.05, 3.63) is 72.6 Å². The SMILES string of the molecule is COC(=O)N[C@H](C(=O)N1[C@H](c2ncc(-c3ccc(-c4ccc(-c5cnc([C@@H]6CCN(C)N6C(=O)[C@H](NC(=O)OC)C(C)C)[nH]5)cc4)cc3)[nH]2)CCN1C)C(C)C. The molecule has 0 radical (unpaired) electrons. The van der Waals surface area contributed by atoms with Crippen molar-refractivity contribution in [2.45, 2.75) is 64.7 Å². The highest BCUT2D eigenvalue weighted by Gasteiger charge is 2.42. The summed E-state index contributed by atoms with van der Waals surface area (Å²) in [5.74, 6) is 0.622. The highest BCUT2D eigenvalue weighted by Crippen LogP contribution is 2.35. The van der Waals surface area contributed by atoms with Gasteiger partial charge in [-0.2, -0.15) is 0 Å². The van der Waals surface area contributed by atoms with Crippen LogP contribution in [-0.2, 0) is 19.1 Å². The zero-order valence-electron chi connectivity index (χ0n) is 33.2. The molecular weight excluding hydrogens is 717 g/mol. The number of aromatic amines is 2. The number of rotatable bonds is 11. The van der Waals surface area contributed by atoms with Gasteiger partial charge in [0.25, 0.3) is 11.8 Å². The van der Waals surface area contributed by atoms with Crippen molar-refractivity contribution in [2.75, 3.05) is 41.4 Å². The molecule has 16 heteroatoms. The molecule has 4 heterocycles. The van der Waals surface area contributed by atoms with E-state index in [-0.39, 0.29) is 35.7 Å². The van der Waals surface area contributed by atoms with E-state index in [2.05, 4.69) is 54.8 Å². The Bertz CT molecular complexity index is 1870. The normalized spacial score (nSPS) is 18.7. The predicted octanol–water partition coefficient (Wildman–Crippen LogP) is 5.14. The van der Waals surface area contributed by atoms with Crippen molar-refractivity contribution < 1.29 is 28.7 Å². The van der Waals surface area contributed by atoms with Gasteiger partial charge in [0.15, 0.2) is 0 Å². The van der Waals surface area contributed by atoms with Crippen LogP contribution in [0.15, 0.2) is 60.9 Å². The Hall–Kier alpha value is -5.74. The van der Waals surface area contributed by atoms with E-state index in [9.17, 15) is 19.2 Å². The second kappa shape index (κ2) is 17.0. The van der Waals surface area contributed by atoms with Crippen molar-refractivity contribution in [1.29, 1.82) is 0 Å². The molecule has 4 N–H and O–H groups in total. The third kappa shape index (κ3) is 8.26. The van der Waals surface area contributed by atoms with Crippen LogP contribution in [-0.4, -0.2) is 117 Å². The minimum atomic E-state index is -0.747. The van der Waals surface area contributed by atoms with Crippen LogP contribution in [0.25, 0.3) is 33.6 Å². The molecule has 0 saturated carbocycles. The smallest absolute Gasteiger partial charge is 0.407 e. The highest BCUT2D eigenvalue weighted by molar-refractivity contribution is 5.87. The number of H-pyrrole nitrogens is 2. The maximum atomic E-state index is 13.7. The van der Waals surface area contributed by atoms with Crippen LogP contribution < -0.4 is 10.6 Å². The van der Waals surface area contributed by atoms with Crippen LogP contribution in [0.5, 0.6) is 0 Å². The van der Waals surface area contributed by atoms with Crippen LogP contribution >= 0.6 is 0 Å². The Balaban J connectivity index is 1.13. The number of imidazole rings is 2. The van der Waals surface area contributed by atoms with Crippen LogP contribution in [0.4, 0.5) is 9.59 Å². The zero-order valence-corrected chi connectivity index (χ0v) is 33.2. The fraction of sp³-hybridized carbons (Fsp3) is 0.450. The Morgan fingerprint density at radius 1 is 0.625 bits per heavy atom. The average Bonchev–Trinajstić information content (AvgIpc) is 4.02. The highest BCUT2D eigenvalue weighted by atomic mass is 16.5. The molecule has 2 aliphatic rings. The summed E-state index contributed by atoms with van der Waals surface area (Å²) < 4.78 is 9.53. The topological polar surface area (TPSA) is 181 Å². The van der Waals surface area contributed by atoms with E-state index < -0.39 is 24.3 Å². The van der Waals surface area contributed by atoms with E-state index >= 15 is 0 Å². The number of hydrogen-bond acceptors (Lipinski definition) is 10. The molecule has 2 aromatic heterocycles. The second-order valence-corrected chi connectivity index (χ2v) is 15.0. The van der Waals surface area contributed by atoms with Gasteiger partial charge in [-0.1, -0.05) is 76.2 Å². The van der Waals surface area contributed by atoms with Gasteiger partial charge in [-0.15, -0.1) is 0 Å². The number of hydrogen-bond donors (Lipinski definition) is 4. The van der Waals surface area contributed by atoms with Gasteiger partial charge in [-0.05, 0) is 46.9 Å². The number of nitrogens with zero attached hydrogens (tertiary/aromatic N) is 6. The van der Waals surface area contributed by atoms with Gasteiger partial charge >= 0.3 is 12.2 Å². The summed E-state index contributed by atoms with van der Waals surface area (Å²) in [7, 11) is 6.28. The summed E-state index contributed by atoms with van der Waals surface area (Å²) >= 11 is 0. The van der Waals surface area contributed by atoms with Crippen molar-refractivity contribution in [3.8, 4) is 33.6 Å². The molecule has 298 valence electrons. The summed E-state index contributed by atoms with van der Waals surface area (Å²) in [4.78, 5) is 67.6. The number of carbonyl (C=O) groups excluding carboxylic acids is 4. The van der Waals surface area contributed by atoms with Gasteiger partial charge in [0.2, 0.25) is 0 Å². The first-order valence-corrected chi connectivity index (χ1v) is 18.9. The molecule has 2 aliphatic heterocycles. The number of nitrogens with one attached hydrogen (secondary N) is 4. The second-order valence-electron chi connectivity index (χ2n) is 15.0. The number of aromatic nitrogens is 4. The van der Waals surface area contributed by atoms with Gasteiger partial charge in [-0.25, -0.2) is 29.6 Å². The average molecular weight is 769 g/mol. The Morgan fingerprint density at radius 3 is 1.29 bits per heavy atom. The van der Waals surface area contributed by atoms with Crippen LogP contribution in [0.1, 0.15) is 64.3 Å². The van der Waals surface area contributed by atoms with Gasteiger partial charge < -0.3 is 30.1 Å². The molecule has 4 amide bonds. The standard InChI is InChI=1S/C40H52N10O6/c1-23(2)33(45-39(53)55-7)37(51)49-31(17-19-47(49)5)35-41-21-29(43-35)27-13-9-25(10-14-27)26-11-15-28(16-12-26)30-22-42-36(44-30)32-18-20-48(6)50(32)38(52)34(24(3)4)46-40(54)56-8/h9-16,21-24,31-34H,17-20H2,1-8H3,(H,41,43)(H,42,44)(H,45,53)(H,46,54)/t31-,32-,33-,34+/m0/s1. The summed E-state index contributed by atoms with van der Waals surface area (Å²) in [6.07, 6.45) is 3.66. The molecule has 16 nitrogen and oxygen atoms in total. The van der Waals surface area contributed by atoms with Crippen molar-refractivity contribution in [1.82, 2.24) is 50.6 Å². The van der Waals surface area contributed by atoms with Crippen molar-refractivity contribution in [3.63, 3.8) is 0 Å². The fourth-order valence-electron chi connectivity index (χ4n) is 7.38. The van der Waals surface area contributed by atoms with E-state index in [1.807, 2.05) is 76.1 Å². The first-order valence-electron chi connectivity index (χ1n) is 18.9. The summed E-state index contributed by atoms with van der Waals surface area (Å²) in [5.41, 5.74) is 5.66. The summed E-state index contributed by atoms with van der Waals surface area (Å²) in [6.45, 7) is 8.87. The number of benzene rings is 2. The maximum Gasteiger partial charge on any atom is 0.407 e. The number of hydrazine groups is 2. The molecule has 2 aromatic carbocycles. The molecule has 0 aliphatic carbocycles. The van der Waals surface area contributed by atoms with Crippen LogP contribution in [0.2, 0.25) is 0 Å². The Morgan fingerprint density at radius 2 is 0.964 bits per heavy atom. The number of ether oxygens (including phenoxy) is 2. The lowest BCUT2D eigenvalue weighted by molar-refractivity contribution is -0.150. The van der Waals surface area contributed by atoms with E-state index in [0.717, 1.165) is 33.6 Å². The van der Waals surface area contributed by atoms with E-state index in [1.165, 1.54) is 14.2 Å². The predicted molar refractivity (Wildman–Crippen MR) is 209 cm³/mol. The lowest BCUT2D eigenvalue weighted by atomic mass is 10.0. The molecule has 6 rings (SSSR count). The van der Waals surface area contributed by atoms with Gasteiger partial charge in [-0.3, -0.25) is 19.6 Å².